The third-order valence-corrected chi connectivity index (χ3v) is 6.52. The van der Waals surface area contributed by atoms with Crippen LogP contribution in [0.2, 0.25) is 0 Å². The Morgan fingerprint density at radius 2 is 1.35 bits per heavy atom. The Balaban J connectivity index is 0.000000201. The van der Waals surface area contributed by atoms with Crippen molar-refractivity contribution in [3.05, 3.63) is 66.2 Å². The molecule has 0 spiro atoms. The molecular formula is C26H36B2N2O4. The average Bonchev–Trinajstić information content (AvgIpc) is 3.16. The summed E-state index contributed by atoms with van der Waals surface area (Å²) in [4.78, 5) is 7.87. The van der Waals surface area contributed by atoms with Crippen molar-refractivity contribution in [2.24, 2.45) is 0 Å². The van der Waals surface area contributed by atoms with Crippen LogP contribution in [0.3, 0.4) is 0 Å². The van der Waals surface area contributed by atoms with Gasteiger partial charge in [-0.2, -0.15) is 0 Å². The Bertz CT molecular complexity index is 941. The topological polar surface area (TPSA) is 62.7 Å². The molecule has 2 aromatic rings. The first-order valence-corrected chi connectivity index (χ1v) is 11.4. The molecule has 0 amide bonds. The molecule has 0 atom stereocenters. The molecule has 0 aromatic carbocycles. The molecule has 0 unspecified atom stereocenters. The van der Waals surface area contributed by atoms with Gasteiger partial charge in [0.1, 0.15) is 0 Å². The Hall–Kier alpha value is -2.43. The van der Waals surface area contributed by atoms with Crippen LogP contribution < -0.4 is 0 Å². The van der Waals surface area contributed by atoms with Crippen LogP contribution >= 0.6 is 0 Å². The van der Waals surface area contributed by atoms with Gasteiger partial charge >= 0.3 is 14.8 Å². The second kappa shape index (κ2) is 11.3. The largest absolute Gasteiger partial charge is 0.487 e. The highest BCUT2D eigenvalue weighted by Gasteiger charge is 2.50. The van der Waals surface area contributed by atoms with Gasteiger partial charge in [0.05, 0.1) is 22.4 Å². The maximum absolute atomic E-state index is 5.86. The van der Waals surface area contributed by atoms with Crippen LogP contribution in [0.25, 0.3) is 6.08 Å². The number of aromatic nitrogens is 2. The van der Waals surface area contributed by atoms with Crippen molar-refractivity contribution in [3.63, 3.8) is 0 Å². The van der Waals surface area contributed by atoms with Crippen molar-refractivity contribution in [2.45, 2.75) is 77.8 Å². The monoisotopic (exact) mass is 462 g/mol. The lowest BCUT2D eigenvalue weighted by Gasteiger charge is -2.32. The van der Waals surface area contributed by atoms with E-state index >= 15 is 0 Å². The van der Waals surface area contributed by atoms with Gasteiger partial charge in [0.15, 0.2) is 0 Å². The predicted octanol–water partition coefficient (Wildman–Crippen LogP) is 4.65. The molecule has 0 saturated carbocycles. The average molecular weight is 462 g/mol. The van der Waals surface area contributed by atoms with Crippen LogP contribution in [0.5, 0.6) is 0 Å². The zero-order chi connectivity index (χ0) is 25.5. The Labute approximate surface area is 205 Å². The van der Waals surface area contributed by atoms with E-state index in [4.69, 9.17) is 25.0 Å². The van der Waals surface area contributed by atoms with E-state index in [1.807, 2.05) is 97.9 Å². The molecule has 0 radical (unpaired) electrons. The molecule has 4 heterocycles. The number of hydrogen-bond donors (Lipinski definition) is 0. The van der Waals surface area contributed by atoms with Gasteiger partial charge in [-0.05, 0) is 79.2 Å². The van der Waals surface area contributed by atoms with Gasteiger partial charge in [-0.3, -0.25) is 9.97 Å². The van der Waals surface area contributed by atoms with Gasteiger partial charge in [-0.1, -0.05) is 24.0 Å². The first-order chi connectivity index (χ1) is 15.8. The van der Waals surface area contributed by atoms with Gasteiger partial charge in [0.2, 0.25) is 0 Å². The Kier molecular flexibility index (Phi) is 9.27. The molecule has 0 aliphatic carbocycles. The van der Waals surface area contributed by atoms with E-state index in [-0.39, 0.29) is 29.5 Å². The molecule has 0 N–H and O–H groups in total. The van der Waals surface area contributed by atoms with Crippen LogP contribution in [0.15, 0.2) is 55.0 Å². The maximum atomic E-state index is 5.86. The normalized spacial score (nSPS) is 20.9. The SMILES string of the molecule is C#Cc1cccnc1.CC1(C)OB(/C=C/c2cccnc2)OC1(C)C.CC1(C)OBOC1(C)C. The molecule has 34 heavy (non-hydrogen) atoms. The van der Waals surface area contributed by atoms with Crippen molar-refractivity contribution in [1.29, 1.82) is 0 Å². The Morgan fingerprint density at radius 3 is 1.71 bits per heavy atom. The van der Waals surface area contributed by atoms with Gasteiger partial charge in [-0.15, -0.1) is 6.42 Å². The van der Waals surface area contributed by atoms with Crippen LogP contribution in [0, 0.1) is 12.3 Å². The third-order valence-electron chi connectivity index (χ3n) is 6.52. The summed E-state index contributed by atoms with van der Waals surface area (Å²) < 4.78 is 22.4. The summed E-state index contributed by atoms with van der Waals surface area (Å²) in [7, 11) is 0.139. The Morgan fingerprint density at radius 1 is 0.824 bits per heavy atom. The molecule has 6 nitrogen and oxygen atoms in total. The molecule has 2 saturated heterocycles. The first kappa shape index (κ1) is 27.8. The molecular weight excluding hydrogens is 426 g/mol. The minimum atomic E-state index is -0.291. The molecule has 2 aromatic heterocycles. The molecule has 4 rings (SSSR count). The number of terminal acetylenes is 1. The van der Waals surface area contributed by atoms with E-state index < -0.39 is 0 Å². The lowest BCUT2D eigenvalue weighted by Crippen LogP contribution is -2.41. The molecule has 180 valence electrons. The van der Waals surface area contributed by atoms with Crippen LogP contribution in [-0.2, 0) is 18.6 Å². The number of hydrogen-bond acceptors (Lipinski definition) is 6. The number of pyridine rings is 2. The molecule has 0 bridgehead atoms. The van der Waals surface area contributed by atoms with Crippen molar-refractivity contribution in [2.75, 3.05) is 0 Å². The second-order valence-corrected chi connectivity index (χ2v) is 10.1. The van der Waals surface area contributed by atoms with Crippen molar-refractivity contribution in [3.8, 4) is 12.3 Å². The fourth-order valence-corrected chi connectivity index (χ4v) is 2.75. The fraction of sp³-hybridized carbons (Fsp3) is 0.462. The van der Waals surface area contributed by atoms with E-state index in [1.54, 1.807) is 18.6 Å². The summed E-state index contributed by atoms with van der Waals surface area (Å²) in [6.45, 7) is 16.4. The second-order valence-electron chi connectivity index (χ2n) is 10.1. The molecule has 8 heteroatoms. The standard InChI is InChI=1S/C13H18BNO2.C7H5N.C6H13BO2/c1-12(2)13(3,4)17-14(16-12)8-7-11-6-5-9-15-10-11;1-2-7-4-3-5-8-6-7;1-5(2)6(3,4)9-7-8-5/h5-10H,1-4H3;1,3-6H;7H,1-4H3/b8-7+;;. The lowest BCUT2D eigenvalue weighted by molar-refractivity contribution is 0.00578. The first-order valence-electron chi connectivity index (χ1n) is 11.4. The van der Waals surface area contributed by atoms with E-state index in [2.05, 4.69) is 15.9 Å². The highest BCUT2D eigenvalue weighted by atomic mass is 16.7. The summed E-state index contributed by atoms with van der Waals surface area (Å²) >= 11 is 0. The van der Waals surface area contributed by atoms with E-state index in [0.717, 1.165) is 11.1 Å². The van der Waals surface area contributed by atoms with Crippen LogP contribution in [0.1, 0.15) is 66.5 Å². The molecule has 2 fully saturated rings. The third kappa shape index (κ3) is 7.54. The summed E-state index contributed by atoms with van der Waals surface area (Å²) in [6, 6.07) is 7.56. The van der Waals surface area contributed by atoms with Crippen LogP contribution in [0.4, 0.5) is 0 Å². The smallest absolute Gasteiger partial charge is 0.406 e. The zero-order valence-corrected chi connectivity index (χ0v) is 21.7. The quantitative estimate of drug-likeness (QED) is 0.479. The van der Waals surface area contributed by atoms with Crippen molar-refractivity contribution < 1.29 is 18.6 Å². The summed E-state index contributed by atoms with van der Waals surface area (Å²) in [6.07, 6.45) is 13.9. The maximum Gasteiger partial charge on any atom is 0.487 e. The minimum Gasteiger partial charge on any atom is -0.406 e. The highest BCUT2D eigenvalue weighted by Crippen LogP contribution is 2.37. The zero-order valence-electron chi connectivity index (χ0n) is 21.7. The van der Waals surface area contributed by atoms with Gasteiger partial charge in [-0.25, -0.2) is 0 Å². The van der Waals surface area contributed by atoms with E-state index in [9.17, 15) is 0 Å². The van der Waals surface area contributed by atoms with E-state index in [0.29, 0.717) is 7.69 Å². The fourth-order valence-electron chi connectivity index (χ4n) is 2.75. The van der Waals surface area contributed by atoms with Gasteiger partial charge in [0, 0.05) is 30.4 Å². The summed E-state index contributed by atoms with van der Waals surface area (Å²) in [5.41, 5.74) is 1.04. The van der Waals surface area contributed by atoms with Gasteiger partial charge < -0.3 is 18.6 Å². The molecule has 2 aliphatic rings. The van der Waals surface area contributed by atoms with Gasteiger partial charge in [0.25, 0.3) is 0 Å². The summed E-state index contributed by atoms with van der Waals surface area (Å²) in [5.74, 6) is 4.39. The minimum absolute atomic E-state index is 0.132. The van der Waals surface area contributed by atoms with Crippen molar-refractivity contribution >= 4 is 20.9 Å². The van der Waals surface area contributed by atoms with Crippen LogP contribution in [-0.4, -0.2) is 47.2 Å². The molecule has 2 aliphatic heterocycles. The van der Waals surface area contributed by atoms with Crippen molar-refractivity contribution in [1.82, 2.24) is 9.97 Å². The lowest BCUT2D eigenvalue weighted by atomic mass is 9.89. The number of nitrogens with zero attached hydrogens (tertiary/aromatic N) is 2. The summed E-state index contributed by atoms with van der Waals surface area (Å²) in [5, 5.41) is 0. The highest BCUT2D eigenvalue weighted by molar-refractivity contribution is 6.52. The predicted molar refractivity (Wildman–Crippen MR) is 139 cm³/mol. The van der Waals surface area contributed by atoms with E-state index in [1.165, 1.54) is 0 Å². The number of rotatable bonds is 2.